The smallest absolute Gasteiger partial charge is 0.317 e. The molecule has 1 heterocycles. The summed E-state index contributed by atoms with van der Waals surface area (Å²) in [5.41, 5.74) is 0. The van der Waals surface area contributed by atoms with Gasteiger partial charge in [-0.25, -0.2) is 4.79 Å². The van der Waals surface area contributed by atoms with Gasteiger partial charge in [0, 0.05) is 18.5 Å². The van der Waals surface area contributed by atoms with E-state index in [2.05, 4.69) is 5.32 Å². The second-order valence-corrected chi connectivity index (χ2v) is 6.38. The number of aliphatic carboxylic acids is 1. The average Bonchev–Trinajstić information content (AvgIpc) is 3.09. The number of carbonyl (C=O) groups excluding carboxylic acids is 1. The number of amides is 2. The van der Waals surface area contributed by atoms with Crippen molar-refractivity contribution in [2.24, 2.45) is 11.8 Å². The molecule has 0 saturated heterocycles. The summed E-state index contributed by atoms with van der Waals surface area (Å²) in [5.74, 6) is -0.934. The van der Waals surface area contributed by atoms with Crippen LogP contribution < -0.4 is 5.32 Å². The van der Waals surface area contributed by atoms with Crippen molar-refractivity contribution in [2.75, 3.05) is 13.6 Å². The lowest BCUT2D eigenvalue weighted by Crippen LogP contribution is -2.42. The van der Waals surface area contributed by atoms with Gasteiger partial charge in [0.1, 0.15) is 0 Å². The minimum absolute atomic E-state index is 0.0603. The van der Waals surface area contributed by atoms with E-state index in [9.17, 15) is 9.59 Å². The van der Waals surface area contributed by atoms with E-state index < -0.39 is 11.9 Å². The van der Waals surface area contributed by atoms with E-state index in [-0.39, 0.29) is 18.6 Å². The summed E-state index contributed by atoms with van der Waals surface area (Å²) in [6.45, 7) is 1.81. The van der Waals surface area contributed by atoms with Crippen LogP contribution in [-0.4, -0.2) is 35.6 Å². The number of rotatable bonds is 6. The van der Waals surface area contributed by atoms with E-state index >= 15 is 0 Å². The highest BCUT2D eigenvalue weighted by molar-refractivity contribution is 7.10. The Bertz CT molecular complexity index is 471. The number of hydrogen-bond donors (Lipinski definition) is 2. The van der Waals surface area contributed by atoms with Crippen LogP contribution >= 0.6 is 11.3 Å². The van der Waals surface area contributed by atoms with E-state index in [1.807, 2.05) is 17.5 Å². The van der Waals surface area contributed by atoms with Crippen molar-refractivity contribution in [3.8, 4) is 0 Å². The van der Waals surface area contributed by atoms with Gasteiger partial charge in [-0.05, 0) is 30.2 Å². The van der Waals surface area contributed by atoms with E-state index in [0.717, 1.165) is 12.8 Å². The van der Waals surface area contributed by atoms with Crippen molar-refractivity contribution in [3.63, 3.8) is 0 Å². The standard InChI is InChI=1S/C14H20N2O3S/c1-9(13(17)18)8-16(2)14(19)15-12(10-5-6-10)11-4-3-7-20-11/h3-4,7,9-10,12H,5-6,8H2,1-2H3,(H,15,19)(H,17,18). The summed E-state index contributed by atoms with van der Waals surface area (Å²) in [5, 5.41) is 13.9. The molecular weight excluding hydrogens is 276 g/mol. The van der Waals surface area contributed by atoms with Crippen molar-refractivity contribution < 1.29 is 14.7 Å². The largest absolute Gasteiger partial charge is 0.481 e. The summed E-state index contributed by atoms with van der Waals surface area (Å²) in [7, 11) is 1.63. The third-order valence-electron chi connectivity index (χ3n) is 3.54. The van der Waals surface area contributed by atoms with Crippen molar-refractivity contribution in [1.82, 2.24) is 10.2 Å². The molecule has 2 rings (SSSR count). The van der Waals surface area contributed by atoms with Crippen LogP contribution in [0.5, 0.6) is 0 Å². The molecule has 1 aliphatic carbocycles. The van der Waals surface area contributed by atoms with Gasteiger partial charge < -0.3 is 15.3 Å². The van der Waals surface area contributed by atoms with Gasteiger partial charge >= 0.3 is 12.0 Å². The van der Waals surface area contributed by atoms with Gasteiger partial charge in [0.2, 0.25) is 0 Å². The highest BCUT2D eigenvalue weighted by atomic mass is 32.1. The Morgan fingerprint density at radius 3 is 2.75 bits per heavy atom. The first-order chi connectivity index (χ1) is 9.49. The van der Waals surface area contributed by atoms with Gasteiger partial charge in [0.15, 0.2) is 0 Å². The summed E-state index contributed by atoms with van der Waals surface area (Å²) < 4.78 is 0. The molecule has 0 bridgehead atoms. The maximum Gasteiger partial charge on any atom is 0.317 e. The molecule has 1 aromatic heterocycles. The molecule has 0 aromatic carbocycles. The lowest BCUT2D eigenvalue weighted by Gasteiger charge is -2.24. The van der Waals surface area contributed by atoms with Gasteiger partial charge in [-0.1, -0.05) is 13.0 Å². The number of carbonyl (C=O) groups is 2. The summed E-state index contributed by atoms with van der Waals surface area (Å²) in [6.07, 6.45) is 2.27. The van der Waals surface area contributed by atoms with Crippen LogP contribution in [0.3, 0.4) is 0 Å². The van der Waals surface area contributed by atoms with Crippen LogP contribution in [0.1, 0.15) is 30.7 Å². The minimum atomic E-state index is -0.887. The molecule has 0 aliphatic heterocycles. The molecule has 2 unspecified atom stereocenters. The van der Waals surface area contributed by atoms with Crippen LogP contribution in [0.4, 0.5) is 4.79 Å². The SMILES string of the molecule is CC(CN(C)C(=O)NC(c1cccs1)C1CC1)C(=O)O. The van der Waals surface area contributed by atoms with Gasteiger partial charge in [-0.15, -0.1) is 11.3 Å². The van der Waals surface area contributed by atoms with Crippen LogP contribution in [0.25, 0.3) is 0 Å². The lowest BCUT2D eigenvalue weighted by molar-refractivity contribution is -0.141. The minimum Gasteiger partial charge on any atom is -0.481 e. The quantitative estimate of drug-likeness (QED) is 0.847. The molecule has 1 aliphatic rings. The maximum absolute atomic E-state index is 12.2. The highest BCUT2D eigenvalue weighted by Gasteiger charge is 2.34. The van der Waals surface area contributed by atoms with Crippen molar-refractivity contribution >= 4 is 23.3 Å². The number of nitrogens with zero attached hydrogens (tertiary/aromatic N) is 1. The Labute approximate surface area is 122 Å². The molecule has 2 amide bonds. The summed E-state index contributed by atoms with van der Waals surface area (Å²) in [6, 6.07) is 3.87. The topological polar surface area (TPSA) is 69.6 Å². The Balaban J connectivity index is 1.93. The monoisotopic (exact) mass is 296 g/mol. The van der Waals surface area contributed by atoms with Crippen LogP contribution in [0, 0.1) is 11.8 Å². The fourth-order valence-corrected chi connectivity index (χ4v) is 3.00. The van der Waals surface area contributed by atoms with Crippen LogP contribution in [0.15, 0.2) is 17.5 Å². The third kappa shape index (κ3) is 3.72. The molecule has 5 nitrogen and oxygen atoms in total. The number of nitrogens with one attached hydrogen (secondary N) is 1. The van der Waals surface area contributed by atoms with Crippen molar-refractivity contribution in [1.29, 1.82) is 0 Å². The van der Waals surface area contributed by atoms with Crippen LogP contribution in [-0.2, 0) is 4.79 Å². The molecule has 110 valence electrons. The lowest BCUT2D eigenvalue weighted by atomic mass is 10.1. The number of urea groups is 1. The predicted molar refractivity (Wildman–Crippen MR) is 77.7 cm³/mol. The molecule has 1 saturated carbocycles. The van der Waals surface area contributed by atoms with Gasteiger partial charge in [-0.3, -0.25) is 4.79 Å². The van der Waals surface area contributed by atoms with Crippen molar-refractivity contribution in [3.05, 3.63) is 22.4 Å². The number of carboxylic acid groups (broad SMARTS) is 1. The number of hydrogen-bond acceptors (Lipinski definition) is 3. The molecule has 2 atom stereocenters. The number of carboxylic acids is 1. The van der Waals surface area contributed by atoms with E-state index in [0.29, 0.717) is 5.92 Å². The Kier molecular flexibility index (Phi) is 4.65. The summed E-state index contributed by atoms with van der Waals surface area (Å²) >= 11 is 1.64. The Morgan fingerprint density at radius 2 is 2.25 bits per heavy atom. The second-order valence-electron chi connectivity index (χ2n) is 5.40. The van der Waals surface area contributed by atoms with Gasteiger partial charge in [0.25, 0.3) is 0 Å². The van der Waals surface area contributed by atoms with Crippen LogP contribution in [0.2, 0.25) is 0 Å². The third-order valence-corrected chi connectivity index (χ3v) is 4.49. The van der Waals surface area contributed by atoms with Gasteiger partial charge in [0.05, 0.1) is 12.0 Å². The first-order valence-corrected chi connectivity index (χ1v) is 7.65. The second kappa shape index (κ2) is 6.26. The molecule has 20 heavy (non-hydrogen) atoms. The maximum atomic E-state index is 12.2. The average molecular weight is 296 g/mol. The fourth-order valence-electron chi connectivity index (χ4n) is 2.13. The number of thiophene rings is 1. The Morgan fingerprint density at radius 1 is 1.55 bits per heavy atom. The molecule has 0 radical (unpaired) electrons. The first-order valence-electron chi connectivity index (χ1n) is 6.77. The first kappa shape index (κ1) is 14.8. The normalized spacial score (nSPS) is 17.3. The highest BCUT2D eigenvalue weighted by Crippen LogP contribution is 2.42. The van der Waals surface area contributed by atoms with E-state index in [1.54, 1.807) is 25.3 Å². The van der Waals surface area contributed by atoms with Gasteiger partial charge in [-0.2, -0.15) is 0 Å². The molecule has 2 N–H and O–H groups in total. The zero-order valence-corrected chi connectivity index (χ0v) is 12.5. The Hall–Kier alpha value is -1.56. The van der Waals surface area contributed by atoms with E-state index in [4.69, 9.17) is 5.11 Å². The van der Waals surface area contributed by atoms with E-state index in [1.165, 1.54) is 9.78 Å². The molecular formula is C14H20N2O3S. The fraction of sp³-hybridized carbons (Fsp3) is 0.571. The zero-order chi connectivity index (χ0) is 14.7. The zero-order valence-electron chi connectivity index (χ0n) is 11.7. The molecule has 1 fully saturated rings. The van der Waals surface area contributed by atoms with Crippen molar-refractivity contribution in [2.45, 2.75) is 25.8 Å². The molecule has 1 aromatic rings. The molecule has 0 spiro atoms. The molecule has 6 heteroatoms. The summed E-state index contributed by atoms with van der Waals surface area (Å²) in [4.78, 5) is 25.6. The predicted octanol–water partition coefficient (Wildman–Crippen LogP) is 2.56.